The molecule has 0 radical (unpaired) electrons. The minimum absolute atomic E-state index is 0.134. The Labute approximate surface area is 160 Å². The number of rotatable bonds is 7. The molecule has 0 spiro atoms. The lowest BCUT2D eigenvalue weighted by Crippen LogP contribution is -2.49. The quantitative estimate of drug-likeness (QED) is 0.760. The topological polar surface area (TPSA) is 68.0 Å². The summed E-state index contributed by atoms with van der Waals surface area (Å²) in [4.78, 5) is 16.9. The fourth-order valence-corrected chi connectivity index (χ4v) is 3.33. The standard InChI is InChI=1S/C21H27N3O3/c1-3-26-20(27-4-2)15-24-19-13-9-8-12-18(19)23(14-17(22)21(24)25)16-10-6-5-7-11-16/h5-13,17,20H,3-4,14-15,22H2,1-2H3. The maximum absolute atomic E-state index is 13.1. The van der Waals surface area contributed by atoms with Gasteiger partial charge in [0.15, 0.2) is 6.29 Å². The molecule has 144 valence electrons. The maximum atomic E-state index is 13.1. The van der Waals surface area contributed by atoms with Gasteiger partial charge in [0, 0.05) is 25.4 Å². The van der Waals surface area contributed by atoms with Gasteiger partial charge >= 0.3 is 0 Å². The monoisotopic (exact) mass is 369 g/mol. The first-order valence-corrected chi connectivity index (χ1v) is 9.37. The van der Waals surface area contributed by atoms with Crippen molar-refractivity contribution in [3.63, 3.8) is 0 Å². The van der Waals surface area contributed by atoms with Crippen LogP contribution in [0.3, 0.4) is 0 Å². The van der Waals surface area contributed by atoms with Crippen LogP contribution in [0, 0.1) is 0 Å². The van der Waals surface area contributed by atoms with E-state index in [4.69, 9.17) is 15.2 Å². The van der Waals surface area contributed by atoms with E-state index in [0.717, 1.165) is 17.1 Å². The van der Waals surface area contributed by atoms with Crippen molar-refractivity contribution in [3.8, 4) is 0 Å². The summed E-state index contributed by atoms with van der Waals surface area (Å²) in [6.07, 6.45) is -0.493. The van der Waals surface area contributed by atoms with Crippen molar-refractivity contribution in [2.45, 2.75) is 26.2 Å². The Balaban J connectivity index is 2.01. The summed E-state index contributed by atoms with van der Waals surface area (Å²) < 4.78 is 11.3. The van der Waals surface area contributed by atoms with Crippen LogP contribution in [0.1, 0.15) is 13.8 Å². The molecule has 0 fully saturated rings. The minimum atomic E-state index is -0.651. The largest absolute Gasteiger partial charge is 0.351 e. The van der Waals surface area contributed by atoms with Gasteiger partial charge in [-0.15, -0.1) is 0 Å². The Morgan fingerprint density at radius 3 is 2.22 bits per heavy atom. The number of ether oxygens (including phenoxy) is 2. The van der Waals surface area contributed by atoms with Gasteiger partial charge in [0.2, 0.25) is 5.91 Å². The fourth-order valence-electron chi connectivity index (χ4n) is 3.33. The van der Waals surface area contributed by atoms with Crippen LogP contribution in [0.5, 0.6) is 0 Å². The van der Waals surface area contributed by atoms with Crippen LogP contribution in [-0.4, -0.2) is 44.5 Å². The molecule has 2 aromatic rings. The number of nitrogens with two attached hydrogens (primary N) is 1. The van der Waals surface area contributed by atoms with Crippen LogP contribution in [0.15, 0.2) is 54.6 Å². The molecule has 2 N–H and O–H groups in total. The Morgan fingerprint density at radius 1 is 1.00 bits per heavy atom. The van der Waals surface area contributed by atoms with E-state index < -0.39 is 12.3 Å². The van der Waals surface area contributed by atoms with Crippen molar-refractivity contribution in [1.29, 1.82) is 0 Å². The highest BCUT2D eigenvalue weighted by atomic mass is 16.7. The molecule has 1 heterocycles. The summed E-state index contributed by atoms with van der Waals surface area (Å²) in [5, 5.41) is 0. The summed E-state index contributed by atoms with van der Waals surface area (Å²) in [6.45, 7) is 5.55. The minimum Gasteiger partial charge on any atom is -0.351 e. The fraction of sp³-hybridized carbons (Fsp3) is 0.381. The van der Waals surface area contributed by atoms with Gasteiger partial charge in [0.1, 0.15) is 6.04 Å². The SMILES string of the molecule is CCOC(CN1C(=O)C(N)CN(c2ccccc2)c2ccccc21)OCC. The number of amides is 1. The lowest BCUT2D eigenvalue weighted by molar-refractivity contribution is -0.136. The molecule has 0 saturated heterocycles. The Morgan fingerprint density at radius 2 is 1.59 bits per heavy atom. The van der Waals surface area contributed by atoms with Gasteiger partial charge in [-0.2, -0.15) is 0 Å². The van der Waals surface area contributed by atoms with Crippen LogP contribution in [0.4, 0.5) is 17.1 Å². The second kappa shape index (κ2) is 8.99. The number of carbonyl (C=O) groups is 1. The lowest BCUT2D eigenvalue weighted by Gasteiger charge is -2.29. The summed E-state index contributed by atoms with van der Waals surface area (Å²) in [5.41, 5.74) is 9.04. The van der Waals surface area contributed by atoms with Gasteiger partial charge in [-0.05, 0) is 38.1 Å². The molecule has 6 nitrogen and oxygen atoms in total. The molecule has 1 atom stereocenters. The third-order valence-corrected chi connectivity index (χ3v) is 4.53. The zero-order chi connectivity index (χ0) is 19.2. The van der Waals surface area contributed by atoms with E-state index in [1.807, 2.05) is 68.4 Å². The Bertz CT molecular complexity index is 747. The predicted molar refractivity (Wildman–Crippen MR) is 107 cm³/mol. The van der Waals surface area contributed by atoms with E-state index in [1.54, 1.807) is 4.90 Å². The number of fused-ring (bicyclic) bond motifs is 1. The second-order valence-corrected chi connectivity index (χ2v) is 6.33. The first-order chi connectivity index (χ1) is 13.2. The summed E-state index contributed by atoms with van der Waals surface area (Å²) >= 11 is 0. The van der Waals surface area contributed by atoms with Gasteiger partial charge in [-0.1, -0.05) is 30.3 Å². The molecule has 3 rings (SSSR count). The van der Waals surface area contributed by atoms with Gasteiger partial charge in [-0.3, -0.25) is 4.79 Å². The highest BCUT2D eigenvalue weighted by Crippen LogP contribution is 2.37. The molecule has 2 aromatic carbocycles. The summed E-state index contributed by atoms with van der Waals surface area (Å²) in [6, 6.07) is 17.2. The van der Waals surface area contributed by atoms with Crippen molar-refractivity contribution in [3.05, 3.63) is 54.6 Å². The van der Waals surface area contributed by atoms with Crippen LogP contribution >= 0.6 is 0 Å². The second-order valence-electron chi connectivity index (χ2n) is 6.33. The average molecular weight is 369 g/mol. The number of hydrogen-bond donors (Lipinski definition) is 1. The molecule has 27 heavy (non-hydrogen) atoms. The molecule has 1 unspecified atom stereocenters. The summed E-state index contributed by atoms with van der Waals surface area (Å²) in [5.74, 6) is -0.134. The van der Waals surface area contributed by atoms with E-state index in [1.165, 1.54) is 0 Å². The molecule has 0 aliphatic carbocycles. The first-order valence-electron chi connectivity index (χ1n) is 9.37. The van der Waals surface area contributed by atoms with Gasteiger partial charge in [-0.25, -0.2) is 0 Å². The van der Waals surface area contributed by atoms with Crippen LogP contribution in [-0.2, 0) is 14.3 Å². The van der Waals surface area contributed by atoms with Crippen LogP contribution in [0.25, 0.3) is 0 Å². The number of nitrogens with zero attached hydrogens (tertiary/aromatic N) is 2. The molecule has 0 saturated carbocycles. The van der Waals surface area contributed by atoms with Crippen LogP contribution in [0.2, 0.25) is 0 Å². The average Bonchev–Trinajstić information content (AvgIpc) is 2.80. The Hall–Kier alpha value is -2.41. The predicted octanol–water partition coefficient (Wildman–Crippen LogP) is 2.90. The van der Waals surface area contributed by atoms with E-state index in [2.05, 4.69) is 4.90 Å². The van der Waals surface area contributed by atoms with Crippen molar-refractivity contribution < 1.29 is 14.3 Å². The van der Waals surface area contributed by atoms with Crippen molar-refractivity contribution >= 4 is 23.0 Å². The maximum Gasteiger partial charge on any atom is 0.245 e. The molecule has 6 heteroatoms. The third-order valence-electron chi connectivity index (χ3n) is 4.53. The smallest absolute Gasteiger partial charge is 0.245 e. The van der Waals surface area contributed by atoms with Gasteiger partial charge < -0.3 is 25.0 Å². The number of benzene rings is 2. The lowest BCUT2D eigenvalue weighted by atomic mass is 10.2. The third kappa shape index (κ3) is 4.30. The van der Waals surface area contributed by atoms with Gasteiger partial charge in [0.25, 0.3) is 0 Å². The van der Waals surface area contributed by atoms with Crippen molar-refractivity contribution in [2.75, 3.05) is 36.1 Å². The van der Waals surface area contributed by atoms with E-state index in [0.29, 0.717) is 26.3 Å². The normalized spacial score (nSPS) is 17.2. The number of para-hydroxylation sites is 3. The Kier molecular flexibility index (Phi) is 6.45. The highest BCUT2D eigenvalue weighted by Gasteiger charge is 2.33. The van der Waals surface area contributed by atoms with Gasteiger partial charge in [0.05, 0.1) is 17.9 Å². The highest BCUT2D eigenvalue weighted by molar-refractivity contribution is 6.02. The molecule has 1 amide bonds. The molecular formula is C21H27N3O3. The number of hydrogen-bond acceptors (Lipinski definition) is 5. The molecule has 0 bridgehead atoms. The zero-order valence-electron chi connectivity index (χ0n) is 15.9. The first kappa shape index (κ1) is 19.4. The molecule has 1 aliphatic heterocycles. The number of anilines is 3. The van der Waals surface area contributed by atoms with Crippen molar-refractivity contribution in [2.24, 2.45) is 5.73 Å². The molecular weight excluding hydrogens is 342 g/mol. The van der Waals surface area contributed by atoms with E-state index >= 15 is 0 Å². The van der Waals surface area contributed by atoms with E-state index in [9.17, 15) is 4.79 Å². The zero-order valence-corrected chi connectivity index (χ0v) is 15.9. The molecule has 0 aromatic heterocycles. The number of carbonyl (C=O) groups excluding carboxylic acids is 1. The van der Waals surface area contributed by atoms with E-state index in [-0.39, 0.29) is 5.91 Å². The van der Waals surface area contributed by atoms with Crippen molar-refractivity contribution in [1.82, 2.24) is 0 Å². The molecule has 1 aliphatic rings. The summed E-state index contributed by atoms with van der Waals surface area (Å²) in [7, 11) is 0. The van der Waals surface area contributed by atoms with Crippen LogP contribution < -0.4 is 15.5 Å².